The number of thioether (sulfide) groups is 1. The second kappa shape index (κ2) is 10.5. The van der Waals surface area contributed by atoms with Gasteiger partial charge in [-0.05, 0) is 38.5 Å². The molecule has 1 saturated heterocycles. The monoisotopic (exact) mass is 513 g/mol. The zero-order chi connectivity index (χ0) is 25.9. The van der Waals surface area contributed by atoms with Gasteiger partial charge in [0, 0.05) is 24.2 Å². The number of amides is 1. The third kappa shape index (κ3) is 5.78. The fourth-order valence-corrected chi connectivity index (χ4v) is 5.92. The van der Waals surface area contributed by atoms with E-state index in [1.165, 1.54) is 11.8 Å². The number of nitrogens with zero attached hydrogens (tertiary/aromatic N) is 2. The third-order valence-electron chi connectivity index (χ3n) is 6.27. The number of benzene rings is 3. The minimum absolute atomic E-state index is 0.0492. The van der Waals surface area contributed by atoms with E-state index in [1.54, 1.807) is 0 Å². The molecule has 0 bridgehead atoms. The van der Waals surface area contributed by atoms with Crippen LogP contribution in [0.3, 0.4) is 0 Å². The van der Waals surface area contributed by atoms with Crippen molar-refractivity contribution in [3.8, 4) is 0 Å². The molecule has 190 valence electrons. The average Bonchev–Trinajstić information content (AvgIpc) is 3.26. The molecule has 0 radical (unpaired) electrons. The number of amidine groups is 1. The van der Waals surface area contributed by atoms with Crippen molar-refractivity contribution in [1.82, 2.24) is 5.32 Å². The molecule has 0 saturated carbocycles. The van der Waals surface area contributed by atoms with E-state index in [4.69, 9.17) is 19.5 Å². The second-order valence-corrected chi connectivity index (χ2v) is 11.3. The Morgan fingerprint density at radius 2 is 1.70 bits per heavy atom. The molecule has 2 aliphatic heterocycles. The fraction of sp³-hybridized carbons (Fsp3) is 0.300. The van der Waals surface area contributed by atoms with E-state index in [-0.39, 0.29) is 5.25 Å². The molecule has 7 heteroatoms. The van der Waals surface area contributed by atoms with E-state index >= 15 is 0 Å². The Bertz CT molecular complexity index is 1280. The molecule has 5 rings (SSSR count). The highest BCUT2D eigenvalue weighted by Crippen LogP contribution is 2.48. The van der Waals surface area contributed by atoms with Crippen LogP contribution in [0.2, 0.25) is 0 Å². The number of alkyl carbamates (subject to hydrolysis) is 1. The van der Waals surface area contributed by atoms with Crippen molar-refractivity contribution in [2.75, 3.05) is 13.2 Å². The Morgan fingerprint density at radius 1 is 1.03 bits per heavy atom. The smallest absolute Gasteiger partial charge is 0.413 e. The Labute approximate surface area is 222 Å². The first-order chi connectivity index (χ1) is 17.8. The van der Waals surface area contributed by atoms with Crippen molar-refractivity contribution >= 4 is 34.4 Å². The summed E-state index contributed by atoms with van der Waals surface area (Å²) in [4.78, 5) is 22.6. The summed E-state index contributed by atoms with van der Waals surface area (Å²) in [6.07, 6.45) is 0.226. The predicted octanol–water partition coefficient (Wildman–Crippen LogP) is 6.47. The number of nitrogens with one attached hydrogen (secondary N) is 1. The molecule has 2 aliphatic rings. The molecule has 0 aliphatic carbocycles. The third-order valence-corrected chi connectivity index (χ3v) is 7.50. The number of aliphatic imine (C=N–C) groups is 2. The van der Waals surface area contributed by atoms with Gasteiger partial charge in [0.15, 0.2) is 5.17 Å². The van der Waals surface area contributed by atoms with Gasteiger partial charge < -0.3 is 9.47 Å². The van der Waals surface area contributed by atoms with Gasteiger partial charge in [-0.2, -0.15) is 0 Å². The van der Waals surface area contributed by atoms with Gasteiger partial charge in [0.2, 0.25) is 0 Å². The van der Waals surface area contributed by atoms with Gasteiger partial charge in [-0.25, -0.2) is 14.8 Å². The number of carbonyl (C=O) groups is 1. The molecule has 1 unspecified atom stereocenters. The summed E-state index contributed by atoms with van der Waals surface area (Å²) in [5, 5.41) is 3.46. The van der Waals surface area contributed by atoms with Crippen LogP contribution in [-0.4, -0.2) is 41.0 Å². The van der Waals surface area contributed by atoms with E-state index in [2.05, 4.69) is 41.7 Å². The fourth-order valence-electron chi connectivity index (χ4n) is 4.62. The molecule has 1 N–H and O–H groups in total. The number of rotatable bonds is 4. The van der Waals surface area contributed by atoms with E-state index in [0.29, 0.717) is 18.4 Å². The Kier molecular flexibility index (Phi) is 7.17. The van der Waals surface area contributed by atoms with Crippen LogP contribution in [0.5, 0.6) is 0 Å². The number of hydrogen-bond acceptors (Lipinski definition) is 6. The van der Waals surface area contributed by atoms with Gasteiger partial charge in [0.1, 0.15) is 11.1 Å². The molecular formula is C30H31N3O3S. The average molecular weight is 514 g/mol. The van der Waals surface area contributed by atoms with Crippen LogP contribution >= 0.6 is 11.8 Å². The Morgan fingerprint density at radius 3 is 2.35 bits per heavy atom. The largest absolute Gasteiger partial charge is 0.444 e. The lowest BCUT2D eigenvalue weighted by atomic mass is 9.83. The van der Waals surface area contributed by atoms with Crippen molar-refractivity contribution in [1.29, 1.82) is 0 Å². The molecule has 0 aromatic heterocycles. The summed E-state index contributed by atoms with van der Waals surface area (Å²) >= 11 is 1.53. The van der Waals surface area contributed by atoms with Crippen LogP contribution in [0.4, 0.5) is 10.5 Å². The van der Waals surface area contributed by atoms with Crippen LogP contribution in [0.25, 0.3) is 0 Å². The molecule has 0 spiro atoms. The van der Waals surface area contributed by atoms with E-state index < -0.39 is 17.2 Å². The van der Waals surface area contributed by atoms with Gasteiger partial charge in [0.05, 0.1) is 23.3 Å². The van der Waals surface area contributed by atoms with E-state index in [0.717, 1.165) is 34.5 Å². The Balaban J connectivity index is 1.51. The van der Waals surface area contributed by atoms with Gasteiger partial charge in [-0.1, -0.05) is 84.6 Å². The maximum atomic E-state index is 12.4. The lowest BCUT2D eigenvalue weighted by Crippen LogP contribution is -2.41. The van der Waals surface area contributed by atoms with Crippen LogP contribution in [0.1, 0.15) is 43.9 Å². The first kappa shape index (κ1) is 25.2. The van der Waals surface area contributed by atoms with Gasteiger partial charge in [-0.15, -0.1) is 0 Å². The molecule has 37 heavy (non-hydrogen) atoms. The molecule has 2 heterocycles. The van der Waals surface area contributed by atoms with Crippen molar-refractivity contribution in [2.24, 2.45) is 9.98 Å². The predicted molar refractivity (Wildman–Crippen MR) is 150 cm³/mol. The number of carbonyl (C=O) groups excluding carboxylic acids is 1. The SMILES string of the molecule is CC(C)(C)OC(=O)NC1=N[C@@]2(c3cccc(N=C(c4ccccc4)c4ccccc4)c3)CCOCC2S1. The summed E-state index contributed by atoms with van der Waals surface area (Å²) in [6, 6.07) is 28.7. The zero-order valence-corrected chi connectivity index (χ0v) is 22.1. The summed E-state index contributed by atoms with van der Waals surface area (Å²) in [7, 11) is 0. The lowest BCUT2D eigenvalue weighted by molar-refractivity contribution is 0.0562. The molecule has 2 atom stereocenters. The maximum Gasteiger partial charge on any atom is 0.413 e. The normalized spacial score (nSPS) is 20.9. The topological polar surface area (TPSA) is 72.3 Å². The van der Waals surface area contributed by atoms with E-state index in [9.17, 15) is 4.79 Å². The first-order valence-electron chi connectivity index (χ1n) is 12.5. The second-order valence-electron chi connectivity index (χ2n) is 10.1. The molecule has 6 nitrogen and oxygen atoms in total. The summed E-state index contributed by atoms with van der Waals surface area (Å²) in [5.74, 6) is 0. The minimum Gasteiger partial charge on any atom is -0.444 e. The highest BCUT2D eigenvalue weighted by Gasteiger charge is 2.49. The number of ether oxygens (including phenoxy) is 2. The highest BCUT2D eigenvalue weighted by molar-refractivity contribution is 8.14. The lowest BCUT2D eigenvalue weighted by Gasteiger charge is -2.36. The van der Waals surface area contributed by atoms with Gasteiger partial charge in [0.25, 0.3) is 0 Å². The molecular weight excluding hydrogens is 482 g/mol. The van der Waals surface area contributed by atoms with Crippen LogP contribution in [0, 0.1) is 0 Å². The van der Waals surface area contributed by atoms with Crippen molar-refractivity contribution < 1.29 is 14.3 Å². The summed E-state index contributed by atoms with van der Waals surface area (Å²) < 4.78 is 11.3. The zero-order valence-electron chi connectivity index (χ0n) is 21.3. The quantitative estimate of drug-likeness (QED) is 0.406. The molecule has 3 aromatic carbocycles. The van der Waals surface area contributed by atoms with Crippen molar-refractivity contribution in [3.05, 3.63) is 102 Å². The molecule has 1 amide bonds. The van der Waals surface area contributed by atoms with Crippen LogP contribution in [0.15, 0.2) is 94.9 Å². The Hall–Kier alpha value is -3.42. The summed E-state index contributed by atoms with van der Waals surface area (Å²) in [6.45, 7) is 6.69. The van der Waals surface area contributed by atoms with Crippen LogP contribution in [-0.2, 0) is 15.0 Å². The maximum absolute atomic E-state index is 12.4. The molecule has 3 aromatic rings. The standard InChI is InChI=1S/C30H31N3O3S/c1-29(2,3)36-28(34)32-27-33-30(17-18-35-20-25(30)37-27)23-15-10-16-24(19-23)31-26(21-11-6-4-7-12-21)22-13-8-5-9-14-22/h4-16,19,25H,17-18,20H2,1-3H3,(H,32,33,34)/t25?,30-/m1/s1. The van der Waals surface area contributed by atoms with E-state index in [1.807, 2.05) is 69.3 Å². The van der Waals surface area contributed by atoms with Gasteiger partial charge >= 0.3 is 6.09 Å². The molecule has 1 fully saturated rings. The highest BCUT2D eigenvalue weighted by atomic mass is 32.2. The van der Waals surface area contributed by atoms with Crippen molar-refractivity contribution in [2.45, 2.75) is 43.6 Å². The summed E-state index contributed by atoms with van der Waals surface area (Å²) in [5.41, 5.74) is 3.86. The number of hydrogen-bond donors (Lipinski definition) is 1. The van der Waals surface area contributed by atoms with Gasteiger partial charge in [-0.3, -0.25) is 5.32 Å². The van der Waals surface area contributed by atoms with Crippen LogP contribution < -0.4 is 5.32 Å². The first-order valence-corrected chi connectivity index (χ1v) is 13.3. The minimum atomic E-state index is -0.580. The van der Waals surface area contributed by atoms with Crippen molar-refractivity contribution in [3.63, 3.8) is 0 Å². The number of fused-ring (bicyclic) bond motifs is 1.